The molecule has 9 heteroatoms. The van der Waals surface area contributed by atoms with Crippen LogP contribution in [0.4, 0.5) is 24.9 Å². The van der Waals surface area contributed by atoms with Gasteiger partial charge in [0.1, 0.15) is 11.4 Å². The zero-order valence-corrected chi connectivity index (χ0v) is 12.4. The van der Waals surface area contributed by atoms with Gasteiger partial charge in [0, 0.05) is 32.1 Å². The number of halogens is 3. The van der Waals surface area contributed by atoms with Crippen molar-refractivity contribution in [3.63, 3.8) is 0 Å². The molecule has 1 aliphatic rings. The van der Waals surface area contributed by atoms with E-state index in [1.165, 1.54) is 7.05 Å². The van der Waals surface area contributed by atoms with E-state index < -0.39 is 11.7 Å². The fraction of sp³-hybridized carbons (Fsp3) is 0.214. The zero-order chi connectivity index (χ0) is 17.0. The molecule has 0 amide bonds. The number of nitrogens with zero attached hydrogens (tertiary/aromatic N) is 2. The predicted octanol–water partition coefficient (Wildman–Crippen LogP) is 2.53. The van der Waals surface area contributed by atoms with Crippen molar-refractivity contribution < 1.29 is 13.2 Å². The molecule has 122 valence electrons. The number of hydrogen-bond acceptors (Lipinski definition) is 6. The quantitative estimate of drug-likeness (QED) is 0.684. The second kappa shape index (κ2) is 6.51. The average Bonchev–Trinajstić information content (AvgIpc) is 2.49. The molecule has 0 saturated heterocycles. The van der Waals surface area contributed by atoms with Crippen molar-refractivity contribution in [1.82, 2.24) is 15.3 Å². The number of rotatable bonds is 4. The topological polar surface area (TPSA) is 85.7 Å². The maximum Gasteiger partial charge on any atom is 0.421 e. The molecule has 1 aromatic rings. The van der Waals surface area contributed by atoms with Crippen LogP contribution in [0.25, 0.3) is 0 Å². The number of nitrogens with one attached hydrogen (secondary N) is 4. The second-order valence-corrected chi connectivity index (χ2v) is 4.53. The van der Waals surface area contributed by atoms with E-state index in [0.717, 1.165) is 0 Å². The summed E-state index contributed by atoms with van der Waals surface area (Å²) in [5.41, 5.74) is 0.366. The summed E-state index contributed by atoms with van der Waals surface area (Å²) in [5, 5.41) is 15.9. The normalized spacial score (nSPS) is 16.3. The minimum absolute atomic E-state index is 0.00120. The highest BCUT2D eigenvalue weighted by Crippen LogP contribution is 2.33. The van der Waals surface area contributed by atoms with Crippen molar-refractivity contribution in [1.29, 1.82) is 5.41 Å². The van der Waals surface area contributed by atoms with Gasteiger partial charge in [0.05, 0.1) is 11.4 Å². The van der Waals surface area contributed by atoms with Crippen molar-refractivity contribution in [3.8, 4) is 0 Å². The van der Waals surface area contributed by atoms with Gasteiger partial charge in [-0.3, -0.25) is 0 Å². The van der Waals surface area contributed by atoms with Gasteiger partial charge in [0.2, 0.25) is 5.95 Å². The molecule has 0 spiro atoms. The molecule has 1 heterocycles. The number of anilines is 2. The molecular formula is C14H15F3N6. The number of allylic oxidation sites excluding steroid dienone is 4. The van der Waals surface area contributed by atoms with Crippen molar-refractivity contribution in [2.45, 2.75) is 6.18 Å². The standard InChI is InChI=1S/C14H15F3N6/c1-19-6-8-10(18)4-3-5-11(8)22-13-21-7-9(14(15,16)17)12(20-2)23-13/h3-7,18-19H,1-2H3,(H2,20,21,22,23)/b8-6+,18-10?. The van der Waals surface area contributed by atoms with Gasteiger partial charge in [-0.15, -0.1) is 0 Å². The smallest absolute Gasteiger partial charge is 0.393 e. The molecule has 6 nitrogen and oxygen atoms in total. The van der Waals surface area contributed by atoms with Gasteiger partial charge >= 0.3 is 6.18 Å². The summed E-state index contributed by atoms with van der Waals surface area (Å²) in [6.45, 7) is 0. The summed E-state index contributed by atoms with van der Waals surface area (Å²) in [5.74, 6) is -0.324. The number of aromatic nitrogens is 2. The lowest BCUT2D eigenvalue weighted by atomic mass is 10.0. The van der Waals surface area contributed by atoms with Gasteiger partial charge in [0.25, 0.3) is 0 Å². The van der Waals surface area contributed by atoms with Gasteiger partial charge in [-0.2, -0.15) is 18.2 Å². The highest BCUT2D eigenvalue weighted by Gasteiger charge is 2.35. The highest BCUT2D eigenvalue weighted by molar-refractivity contribution is 6.11. The lowest BCUT2D eigenvalue weighted by molar-refractivity contribution is -0.137. The van der Waals surface area contributed by atoms with Crippen molar-refractivity contribution in [3.05, 3.63) is 47.5 Å². The Bertz CT molecular complexity index is 703. The summed E-state index contributed by atoms with van der Waals surface area (Å²) < 4.78 is 38.5. The summed E-state index contributed by atoms with van der Waals surface area (Å²) in [4.78, 5) is 7.54. The van der Waals surface area contributed by atoms with E-state index in [4.69, 9.17) is 5.41 Å². The Morgan fingerprint density at radius 2 is 2.00 bits per heavy atom. The third-order valence-electron chi connectivity index (χ3n) is 2.97. The molecule has 0 aromatic carbocycles. The average molecular weight is 324 g/mol. The van der Waals surface area contributed by atoms with Gasteiger partial charge in [0.15, 0.2) is 0 Å². The van der Waals surface area contributed by atoms with Crippen LogP contribution in [0, 0.1) is 5.41 Å². The Labute approximate surface area is 130 Å². The molecule has 0 radical (unpaired) electrons. The van der Waals surface area contributed by atoms with E-state index in [1.807, 2.05) is 0 Å². The molecule has 0 fully saturated rings. The third-order valence-corrected chi connectivity index (χ3v) is 2.97. The maximum absolute atomic E-state index is 12.8. The van der Waals surface area contributed by atoms with Crippen LogP contribution in [-0.2, 0) is 6.18 Å². The molecule has 1 aliphatic carbocycles. The second-order valence-electron chi connectivity index (χ2n) is 4.53. The summed E-state index contributed by atoms with van der Waals surface area (Å²) in [6.07, 6.45) is 2.72. The minimum Gasteiger partial charge on any atom is -0.393 e. The van der Waals surface area contributed by atoms with Crippen molar-refractivity contribution >= 4 is 17.5 Å². The monoisotopic (exact) mass is 324 g/mol. The summed E-state index contributed by atoms with van der Waals surface area (Å²) in [7, 11) is 3.04. The fourth-order valence-electron chi connectivity index (χ4n) is 1.93. The molecule has 4 N–H and O–H groups in total. The molecule has 23 heavy (non-hydrogen) atoms. The Morgan fingerprint density at radius 1 is 1.26 bits per heavy atom. The molecule has 0 atom stereocenters. The Morgan fingerprint density at radius 3 is 2.61 bits per heavy atom. The van der Waals surface area contributed by atoms with Crippen LogP contribution in [0.1, 0.15) is 5.56 Å². The largest absolute Gasteiger partial charge is 0.421 e. The van der Waals surface area contributed by atoms with E-state index in [1.54, 1.807) is 31.5 Å². The summed E-state index contributed by atoms with van der Waals surface area (Å²) >= 11 is 0. The Kier molecular flexibility index (Phi) is 4.68. The van der Waals surface area contributed by atoms with Gasteiger partial charge in [-0.1, -0.05) is 6.08 Å². The predicted molar refractivity (Wildman–Crippen MR) is 82.3 cm³/mol. The first-order chi connectivity index (χ1) is 10.9. The van der Waals surface area contributed by atoms with Gasteiger partial charge in [-0.25, -0.2) is 4.98 Å². The van der Waals surface area contributed by atoms with E-state index in [9.17, 15) is 13.2 Å². The van der Waals surface area contributed by atoms with Crippen LogP contribution in [0.2, 0.25) is 0 Å². The highest BCUT2D eigenvalue weighted by atomic mass is 19.4. The zero-order valence-electron chi connectivity index (χ0n) is 12.4. The van der Waals surface area contributed by atoms with Crippen LogP contribution in [-0.4, -0.2) is 29.8 Å². The van der Waals surface area contributed by atoms with Crippen LogP contribution in [0.15, 0.2) is 41.9 Å². The van der Waals surface area contributed by atoms with Crippen molar-refractivity contribution in [2.24, 2.45) is 0 Å². The van der Waals surface area contributed by atoms with E-state index >= 15 is 0 Å². The third kappa shape index (κ3) is 3.68. The van der Waals surface area contributed by atoms with Crippen LogP contribution in [0.5, 0.6) is 0 Å². The lowest BCUT2D eigenvalue weighted by Gasteiger charge is -2.17. The minimum atomic E-state index is -4.54. The lowest BCUT2D eigenvalue weighted by Crippen LogP contribution is -2.17. The molecule has 0 unspecified atom stereocenters. The number of hydrogen-bond donors (Lipinski definition) is 4. The Balaban J connectivity index is 2.33. The first-order valence-electron chi connectivity index (χ1n) is 6.61. The fourth-order valence-corrected chi connectivity index (χ4v) is 1.93. The van der Waals surface area contributed by atoms with Crippen LogP contribution in [0.3, 0.4) is 0 Å². The van der Waals surface area contributed by atoms with E-state index in [2.05, 4.69) is 25.9 Å². The SMILES string of the molecule is CN/C=C1\C(=N)C=CC=C1Nc1ncc(C(F)(F)F)c(NC)n1. The molecular weight excluding hydrogens is 309 g/mol. The summed E-state index contributed by atoms with van der Waals surface area (Å²) in [6, 6.07) is 0. The first kappa shape index (κ1) is 16.5. The van der Waals surface area contributed by atoms with Crippen molar-refractivity contribution in [2.75, 3.05) is 24.7 Å². The van der Waals surface area contributed by atoms with Gasteiger partial charge < -0.3 is 21.4 Å². The van der Waals surface area contributed by atoms with Crippen LogP contribution < -0.4 is 16.0 Å². The molecule has 0 bridgehead atoms. The van der Waals surface area contributed by atoms with Gasteiger partial charge in [-0.05, 0) is 12.2 Å². The molecule has 0 aliphatic heterocycles. The van der Waals surface area contributed by atoms with E-state index in [0.29, 0.717) is 17.5 Å². The molecule has 2 rings (SSSR count). The first-order valence-corrected chi connectivity index (χ1v) is 6.61. The Hall–Kier alpha value is -2.84. The van der Waals surface area contributed by atoms with Crippen LogP contribution >= 0.6 is 0 Å². The van der Waals surface area contributed by atoms with E-state index in [-0.39, 0.29) is 17.5 Å². The molecule has 1 aromatic heterocycles. The number of alkyl halides is 3. The molecule has 0 saturated carbocycles. The maximum atomic E-state index is 12.8.